The molecule has 0 amide bonds. The predicted molar refractivity (Wildman–Crippen MR) is 121 cm³/mol. The first kappa shape index (κ1) is 19.4. The second kappa shape index (κ2) is 7.58. The highest BCUT2D eigenvalue weighted by molar-refractivity contribution is 7.15. The van der Waals surface area contributed by atoms with E-state index in [2.05, 4.69) is 54.4 Å². The Morgan fingerprint density at radius 2 is 1.84 bits per heavy atom. The lowest BCUT2D eigenvalue weighted by atomic mass is 9.97. The minimum Gasteiger partial charge on any atom is -0.388 e. The zero-order valence-corrected chi connectivity index (χ0v) is 17.9. The largest absolute Gasteiger partial charge is 0.388 e. The van der Waals surface area contributed by atoms with Gasteiger partial charge in [0, 0.05) is 16.0 Å². The highest BCUT2D eigenvalue weighted by Crippen LogP contribution is 2.36. The molecule has 0 saturated carbocycles. The van der Waals surface area contributed by atoms with E-state index in [1.807, 2.05) is 22.8 Å². The highest BCUT2D eigenvalue weighted by Gasteiger charge is 2.27. The molecule has 1 aliphatic heterocycles. The van der Waals surface area contributed by atoms with Crippen molar-refractivity contribution in [2.45, 2.75) is 27.0 Å². The molecule has 4 aromatic rings. The molecule has 2 aromatic heterocycles. The number of benzene rings is 2. The zero-order chi connectivity index (χ0) is 21.5. The minimum absolute atomic E-state index is 0.172. The predicted octanol–water partition coefficient (Wildman–Crippen LogP) is 4.33. The summed E-state index contributed by atoms with van der Waals surface area (Å²) in [7, 11) is 0. The third-order valence-electron chi connectivity index (χ3n) is 5.61. The molecular formula is C24H19N5OS. The Kier molecular flexibility index (Phi) is 4.74. The van der Waals surface area contributed by atoms with Gasteiger partial charge in [-0.15, -0.1) is 21.5 Å². The average molecular weight is 426 g/mol. The first-order valence-corrected chi connectivity index (χ1v) is 10.7. The summed E-state index contributed by atoms with van der Waals surface area (Å²) in [5.41, 5.74) is 6.88. The maximum atomic E-state index is 9.76. The molecule has 0 unspecified atom stereocenters. The smallest absolute Gasteiger partial charge is 0.164 e. The molecule has 2 aromatic carbocycles. The third-order valence-corrected chi connectivity index (χ3v) is 6.80. The van der Waals surface area contributed by atoms with Gasteiger partial charge in [-0.2, -0.15) is 5.26 Å². The molecular weight excluding hydrogens is 406 g/mol. The van der Waals surface area contributed by atoms with Crippen LogP contribution in [0.5, 0.6) is 0 Å². The van der Waals surface area contributed by atoms with Crippen LogP contribution in [0, 0.1) is 25.2 Å². The van der Waals surface area contributed by atoms with Gasteiger partial charge >= 0.3 is 0 Å². The molecule has 0 bridgehead atoms. The Labute approximate surface area is 183 Å². The van der Waals surface area contributed by atoms with E-state index in [0.29, 0.717) is 17.9 Å². The first-order chi connectivity index (χ1) is 15.1. The number of thiophene rings is 1. The van der Waals surface area contributed by atoms with Crippen molar-refractivity contribution in [2.24, 2.45) is 4.99 Å². The van der Waals surface area contributed by atoms with Crippen molar-refractivity contribution < 1.29 is 5.11 Å². The average Bonchev–Trinajstić information content (AvgIpc) is 3.30. The number of aliphatic hydroxyl groups excluding tert-OH is 1. The Morgan fingerprint density at radius 1 is 1.06 bits per heavy atom. The van der Waals surface area contributed by atoms with Crippen molar-refractivity contribution in [1.29, 1.82) is 5.26 Å². The van der Waals surface area contributed by atoms with Gasteiger partial charge in [0.25, 0.3) is 0 Å². The Bertz CT molecular complexity index is 1370. The topological polar surface area (TPSA) is 87.1 Å². The summed E-state index contributed by atoms with van der Waals surface area (Å²) in [5, 5.41) is 28.3. The second-order valence-electron chi connectivity index (χ2n) is 7.42. The van der Waals surface area contributed by atoms with Crippen molar-refractivity contribution in [3.8, 4) is 22.2 Å². The minimum atomic E-state index is -0.172. The van der Waals surface area contributed by atoms with Crippen molar-refractivity contribution in [3.05, 3.63) is 87.3 Å². The van der Waals surface area contributed by atoms with Crippen LogP contribution in [0.15, 0.2) is 53.5 Å². The Morgan fingerprint density at radius 3 is 2.58 bits per heavy atom. The molecule has 3 heterocycles. The van der Waals surface area contributed by atoms with Gasteiger partial charge in [0.15, 0.2) is 11.6 Å². The summed E-state index contributed by atoms with van der Waals surface area (Å²) < 4.78 is 1.94. The van der Waals surface area contributed by atoms with E-state index in [0.717, 1.165) is 38.8 Å². The molecule has 0 atom stereocenters. The summed E-state index contributed by atoms with van der Waals surface area (Å²) in [6.45, 7) is 4.43. The van der Waals surface area contributed by atoms with E-state index in [-0.39, 0.29) is 6.61 Å². The van der Waals surface area contributed by atoms with Gasteiger partial charge < -0.3 is 5.11 Å². The van der Waals surface area contributed by atoms with Crippen LogP contribution in [0.1, 0.15) is 38.8 Å². The molecule has 6 nitrogen and oxygen atoms in total. The number of aromatic nitrogens is 3. The Hall–Kier alpha value is -3.60. The van der Waals surface area contributed by atoms with Crippen LogP contribution in [0.3, 0.4) is 0 Å². The number of hydrogen-bond donors (Lipinski definition) is 1. The number of aliphatic imine (C=N–C) groups is 1. The molecule has 7 heteroatoms. The van der Waals surface area contributed by atoms with Gasteiger partial charge in [-0.1, -0.05) is 36.4 Å². The number of rotatable bonds is 3. The zero-order valence-electron chi connectivity index (χ0n) is 17.1. The molecule has 5 rings (SSSR count). The maximum Gasteiger partial charge on any atom is 0.164 e. The molecule has 1 aliphatic rings. The van der Waals surface area contributed by atoms with E-state index < -0.39 is 0 Å². The van der Waals surface area contributed by atoms with E-state index in [1.54, 1.807) is 17.4 Å². The van der Waals surface area contributed by atoms with Crippen LogP contribution >= 0.6 is 11.3 Å². The van der Waals surface area contributed by atoms with E-state index in [1.165, 1.54) is 10.4 Å². The van der Waals surface area contributed by atoms with Crippen molar-refractivity contribution >= 4 is 17.0 Å². The summed E-state index contributed by atoms with van der Waals surface area (Å²) in [4.78, 5) is 6.10. The maximum absolute atomic E-state index is 9.76. The quantitative estimate of drug-likeness (QED) is 0.529. The van der Waals surface area contributed by atoms with Crippen LogP contribution < -0.4 is 0 Å². The molecule has 152 valence electrons. The molecule has 0 radical (unpaired) electrons. The third kappa shape index (κ3) is 3.17. The monoisotopic (exact) mass is 425 g/mol. The number of hydrogen-bond acceptors (Lipinski definition) is 6. The Balaban J connectivity index is 1.61. The molecule has 0 fully saturated rings. The molecule has 0 saturated heterocycles. The van der Waals surface area contributed by atoms with E-state index in [4.69, 9.17) is 4.99 Å². The number of fused-ring (bicyclic) bond motifs is 3. The lowest BCUT2D eigenvalue weighted by Crippen LogP contribution is -2.08. The number of aliphatic hydroxyl groups is 1. The fourth-order valence-electron chi connectivity index (χ4n) is 3.89. The first-order valence-electron chi connectivity index (χ1n) is 9.91. The van der Waals surface area contributed by atoms with Gasteiger partial charge in [-0.3, -0.25) is 9.56 Å². The van der Waals surface area contributed by atoms with Crippen molar-refractivity contribution in [1.82, 2.24) is 14.8 Å². The fourth-order valence-corrected chi connectivity index (χ4v) is 5.09. The molecule has 1 N–H and O–H groups in total. The van der Waals surface area contributed by atoms with Gasteiger partial charge in [-0.05, 0) is 42.7 Å². The molecule has 0 aliphatic carbocycles. The normalized spacial score (nSPS) is 12.5. The number of nitrogens with zero attached hydrogens (tertiary/aromatic N) is 5. The lowest BCUT2D eigenvalue weighted by molar-refractivity contribution is 0.269. The summed E-state index contributed by atoms with van der Waals surface area (Å²) >= 11 is 1.67. The molecule has 0 spiro atoms. The SMILES string of the molecule is Cc1sc2c(c1C)C(c1ccc(-c3cccc(C#N)c3)cc1)=NCc1nnc(CO)n1-2. The number of nitriles is 1. The summed E-state index contributed by atoms with van der Waals surface area (Å²) in [5.74, 6) is 1.26. The van der Waals surface area contributed by atoms with Crippen LogP contribution in [0.4, 0.5) is 0 Å². The second-order valence-corrected chi connectivity index (χ2v) is 8.63. The number of aryl methyl sites for hydroxylation is 1. The summed E-state index contributed by atoms with van der Waals surface area (Å²) in [6, 6.07) is 18.1. The van der Waals surface area contributed by atoms with Gasteiger partial charge in [0.05, 0.1) is 17.3 Å². The molecule has 31 heavy (non-hydrogen) atoms. The van der Waals surface area contributed by atoms with Crippen LogP contribution in [0.25, 0.3) is 16.1 Å². The van der Waals surface area contributed by atoms with E-state index >= 15 is 0 Å². The lowest BCUT2D eigenvalue weighted by Gasteiger charge is -2.10. The van der Waals surface area contributed by atoms with Gasteiger partial charge in [0.1, 0.15) is 18.2 Å². The van der Waals surface area contributed by atoms with Crippen molar-refractivity contribution in [2.75, 3.05) is 0 Å². The highest BCUT2D eigenvalue weighted by atomic mass is 32.1. The van der Waals surface area contributed by atoms with E-state index in [9.17, 15) is 10.4 Å². The van der Waals surface area contributed by atoms with Gasteiger partial charge in [-0.25, -0.2) is 0 Å². The summed E-state index contributed by atoms with van der Waals surface area (Å²) in [6.07, 6.45) is 0. The standard InChI is InChI=1S/C24H19N5OS/c1-14-15(2)31-24-22(14)23(26-12-20-27-28-21(13-30)29(20)24)18-8-6-17(7-9-18)19-5-3-4-16(10-19)11-25/h3-10,30H,12-13H2,1-2H3. The fraction of sp³-hybridized carbons (Fsp3) is 0.167. The van der Waals surface area contributed by atoms with Gasteiger partial charge in [0.2, 0.25) is 0 Å². The van der Waals surface area contributed by atoms with Crippen LogP contribution in [-0.2, 0) is 13.2 Å². The van der Waals surface area contributed by atoms with Crippen LogP contribution in [-0.4, -0.2) is 25.6 Å². The van der Waals surface area contributed by atoms with Crippen LogP contribution in [0.2, 0.25) is 0 Å². The van der Waals surface area contributed by atoms with Crippen molar-refractivity contribution in [3.63, 3.8) is 0 Å².